The molecule has 1 aromatic heterocycles. The number of benzene rings is 1. The fourth-order valence-electron chi connectivity index (χ4n) is 1.58. The average Bonchev–Trinajstić information content (AvgIpc) is 2.62. The minimum atomic E-state index is 0.867. The van der Waals surface area contributed by atoms with Gasteiger partial charge in [0.25, 0.3) is 0 Å². The van der Waals surface area contributed by atoms with Gasteiger partial charge in [0.2, 0.25) is 0 Å². The van der Waals surface area contributed by atoms with Crippen molar-refractivity contribution < 1.29 is 0 Å². The molecule has 14 heavy (non-hydrogen) atoms. The molecular formula is C10H8N4. The number of nitrogens with zero attached hydrogens (tertiary/aromatic N) is 2. The Morgan fingerprint density at radius 3 is 3.14 bits per heavy atom. The van der Waals surface area contributed by atoms with Gasteiger partial charge in [-0.2, -0.15) is 0 Å². The molecule has 3 rings (SSSR count). The maximum absolute atomic E-state index is 4.22. The second-order valence-corrected chi connectivity index (χ2v) is 3.17. The van der Waals surface area contributed by atoms with Crippen molar-refractivity contribution in [1.29, 1.82) is 0 Å². The van der Waals surface area contributed by atoms with Crippen LogP contribution in [0.5, 0.6) is 0 Å². The van der Waals surface area contributed by atoms with Gasteiger partial charge in [0.05, 0.1) is 29.4 Å². The van der Waals surface area contributed by atoms with Gasteiger partial charge in [0.1, 0.15) is 0 Å². The van der Waals surface area contributed by atoms with E-state index in [2.05, 4.69) is 26.9 Å². The normalized spacial score (nSPS) is 14.1. The van der Waals surface area contributed by atoms with Gasteiger partial charge in [-0.3, -0.25) is 0 Å². The summed E-state index contributed by atoms with van der Waals surface area (Å²) in [6.45, 7) is 3.91. The zero-order valence-corrected chi connectivity index (χ0v) is 7.41. The first-order valence-corrected chi connectivity index (χ1v) is 4.30. The van der Waals surface area contributed by atoms with Gasteiger partial charge < -0.3 is 10.3 Å². The van der Waals surface area contributed by atoms with E-state index >= 15 is 0 Å². The molecule has 2 N–H and O–H groups in total. The Morgan fingerprint density at radius 1 is 1.29 bits per heavy atom. The molecule has 0 unspecified atom stereocenters. The van der Waals surface area contributed by atoms with Crippen molar-refractivity contribution in [3.05, 3.63) is 30.6 Å². The topological polar surface area (TPSA) is 53.1 Å². The Labute approximate surface area is 80.4 Å². The van der Waals surface area contributed by atoms with Crippen LogP contribution in [-0.2, 0) is 0 Å². The van der Waals surface area contributed by atoms with Crippen LogP contribution in [-0.4, -0.2) is 16.3 Å². The Bertz CT molecular complexity index is 550. The highest BCUT2D eigenvalue weighted by Crippen LogP contribution is 2.29. The van der Waals surface area contributed by atoms with Gasteiger partial charge in [-0.1, -0.05) is 6.58 Å². The number of aromatic amines is 1. The minimum absolute atomic E-state index is 0.867. The zero-order chi connectivity index (χ0) is 9.54. The van der Waals surface area contributed by atoms with Crippen molar-refractivity contribution in [2.45, 2.75) is 0 Å². The van der Waals surface area contributed by atoms with Crippen molar-refractivity contribution in [2.75, 3.05) is 0 Å². The molecule has 2 aromatic rings. The van der Waals surface area contributed by atoms with Crippen molar-refractivity contribution in [3.63, 3.8) is 0 Å². The van der Waals surface area contributed by atoms with E-state index in [1.165, 1.54) is 0 Å². The summed E-state index contributed by atoms with van der Waals surface area (Å²) in [5.41, 5.74) is 4.73. The second-order valence-electron chi connectivity index (χ2n) is 3.17. The molecule has 4 nitrogen and oxygen atoms in total. The highest BCUT2D eigenvalue weighted by Gasteiger charge is 2.10. The SMILES string of the molecule is C=C1NC=Nc2cc3nc[nH]c3cc21. The standard InChI is InChI=1S/C10H8N4/c1-6-7-2-9-10(14-5-13-9)3-8(7)12-4-11-6/h2-5H,1H2,(H,11,12)(H,13,14). The summed E-state index contributed by atoms with van der Waals surface area (Å²) >= 11 is 0. The smallest absolute Gasteiger partial charge is 0.0931 e. The van der Waals surface area contributed by atoms with Crippen LogP contribution in [0.25, 0.3) is 16.7 Å². The molecule has 0 amide bonds. The van der Waals surface area contributed by atoms with Crippen molar-refractivity contribution in [2.24, 2.45) is 4.99 Å². The van der Waals surface area contributed by atoms with E-state index in [9.17, 15) is 0 Å². The predicted octanol–water partition coefficient (Wildman–Crippen LogP) is 1.80. The van der Waals surface area contributed by atoms with Crippen LogP contribution in [0.4, 0.5) is 5.69 Å². The molecule has 0 bridgehead atoms. The number of nitrogens with one attached hydrogen (secondary N) is 2. The molecule has 0 saturated carbocycles. The molecule has 1 aliphatic rings. The molecule has 68 valence electrons. The summed E-state index contributed by atoms with van der Waals surface area (Å²) in [7, 11) is 0. The van der Waals surface area contributed by atoms with Crippen LogP contribution >= 0.6 is 0 Å². The lowest BCUT2D eigenvalue weighted by molar-refractivity contribution is 1.28. The summed E-state index contributed by atoms with van der Waals surface area (Å²) in [5.74, 6) is 0. The van der Waals surface area contributed by atoms with Crippen LogP contribution in [0.1, 0.15) is 5.56 Å². The maximum atomic E-state index is 4.22. The summed E-state index contributed by atoms with van der Waals surface area (Å²) in [5, 5.41) is 2.97. The summed E-state index contributed by atoms with van der Waals surface area (Å²) in [6, 6.07) is 3.95. The quantitative estimate of drug-likeness (QED) is 0.655. The van der Waals surface area contributed by atoms with Crippen molar-refractivity contribution >= 4 is 28.8 Å². The first-order valence-electron chi connectivity index (χ1n) is 4.30. The molecule has 4 heteroatoms. The third-order valence-corrected chi connectivity index (χ3v) is 2.31. The molecule has 0 spiro atoms. The Hall–Kier alpha value is -2.10. The highest BCUT2D eigenvalue weighted by atomic mass is 15.0. The molecular weight excluding hydrogens is 176 g/mol. The van der Waals surface area contributed by atoms with Crippen LogP contribution < -0.4 is 5.32 Å². The minimum Gasteiger partial charge on any atom is -0.346 e. The first-order chi connectivity index (χ1) is 6.84. The largest absolute Gasteiger partial charge is 0.346 e. The summed E-state index contributed by atoms with van der Waals surface area (Å²) in [6.07, 6.45) is 3.32. The molecule has 2 heterocycles. The first kappa shape index (κ1) is 7.32. The fraction of sp³-hybridized carbons (Fsp3) is 0. The number of rotatable bonds is 0. The van der Waals surface area contributed by atoms with Crippen LogP contribution in [0.3, 0.4) is 0 Å². The Balaban J connectivity index is 2.39. The monoisotopic (exact) mass is 184 g/mol. The summed E-state index contributed by atoms with van der Waals surface area (Å²) < 4.78 is 0. The summed E-state index contributed by atoms with van der Waals surface area (Å²) in [4.78, 5) is 11.5. The van der Waals surface area contributed by atoms with E-state index in [-0.39, 0.29) is 0 Å². The lowest BCUT2D eigenvalue weighted by Crippen LogP contribution is -2.11. The van der Waals surface area contributed by atoms with Gasteiger partial charge in [0, 0.05) is 11.3 Å². The molecule has 0 aliphatic carbocycles. The number of H-pyrrole nitrogens is 1. The number of aliphatic imine (C=N–C) groups is 1. The highest BCUT2D eigenvalue weighted by molar-refractivity contribution is 5.92. The van der Waals surface area contributed by atoms with Gasteiger partial charge in [0.15, 0.2) is 0 Å². The number of aromatic nitrogens is 2. The van der Waals surface area contributed by atoms with Crippen LogP contribution in [0.2, 0.25) is 0 Å². The third kappa shape index (κ3) is 0.877. The van der Waals surface area contributed by atoms with Gasteiger partial charge in [-0.15, -0.1) is 0 Å². The molecule has 0 radical (unpaired) electrons. The van der Waals surface area contributed by atoms with Crippen molar-refractivity contribution in [1.82, 2.24) is 15.3 Å². The second kappa shape index (κ2) is 2.45. The molecule has 0 fully saturated rings. The van der Waals surface area contributed by atoms with Crippen LogP contribution in [0.15, 0.2) is 30.0 Å². The van der Waals surface area contributed by atoms with E-state index in [0.29, 0.717) is 0 Å². The molecule has 0 atom stereocenters. The van der Waals surface area contributed by atoms with Gasteiger partial charge >= 0.3 is 0 Å². The Kier molecular flexibility index (Phi) is 1.28. The lowest BCUT2D eigenvalue weighted by atomic mass is 10.1. The van der Waals surface area contributed by atoms with Crippen molar-refractivity contribution in [3.8, 4) is 0 Å². The van der Waals surface area contributed by atoms with E-state index in [0.717, 1.165) is 28.0 Å². The lowest BCUT2D eigenvalue weighted by Gasteiger charge is -2.13. The fourth-order valence-corrected chi connectivity index (χ4v) is 1.58. The average molecular weight is 184 g/mol. The van der Waals surface area contributed by atoms with Crippen LogP contribution in [0, 0.1) is 0 Å². The number of hydrogen-bond donors (Lipinski definition) is 2. The van der Waals surface area contributed by atoms with E-state index in [1.807, 2.05) is 12.1 Å². The third-order valence-electron chi connectivity index (χ3n) is 2.31. The van der Waals surface area contributed by atoms with E-state index in [4.69, 9.17) is 0 Å². The number of fused-ring (bicyclic) bond motifs is 2. The Morgan fingerprint density at radius 2 is 2.21 bits per heavy atom. The molecule has 1 aliphatic heterocycles. The van der Waals surface area contributed by atoms with Gasteiger partial charge in [-0.05, 0) is 12.1 Å². The molecule has 1 aromatic carbocycles. The number of hydrogen-bond acceptors (Lipinski definition) is 3. The van der Waals surface area contributed by atoms with Gasteiger partial charge in [-0.25, -0.2) is 9.98 Å². The van der Waals surface area contributed by atoms with E-state index < -0.39 is 0 Å². The molecule has 0 saturated heterocycles. The predicted molar refractivity (Wildman–Crippen MR) is 56.4 cm³/mol. The number of imidazole rings is 1. The maximum Gasteiger partial charge on any atom is 0.0931 e. The van der Waals surface area contributed by atoms with E-state index in [1.54, 1.807) is 12.7 Å². The zero-order valence-electron chi connectivity index (χ0n) is 7.41.